The van der Waals surface area contributed by atoms with Gasteiger partial charge in [0.15, 0.2) is 11.2 Å². The van der Waals surface area contributed by atoms with Gasteiger partial charge in [0.2, 0.25) is 0 Å². The highest BCUT2D eigenvalue weighted by atomic mass is 16.5. The summed E-state index contributed by atoms with van der Waals surface area (Å²) in [6, 6.07) is 22.4. The minimum atomic E-state index is -0.489. The molecule has 0 aliphatic carbocycles. The van der Waals surface area contributed by atoms with Gasteiger partial charge in [-0.2, -0.15) is 5.26 Å². The van der Waals surface area contributed by atoms with Crippen LogP contribution in [-0.4, -0.2) is 43.9 Å². The molecule has 10 nitrogen and oxygen atoms in total. The van der Waals surface area contributed by atoms with Gasteiger partial charge in [0.25, 0.3) is 5.56 Å². The maximum absolute atomic E-state index is 13.6. The Bertz CT molecular complexity index is 1810. The number of ether oxygens (including phenoxy) is 1. The molecule has 3 aromatic heterocycles. The highest BCUT2D eigenvalue weighted by molar-refractivity contribution is 5.77. The number of aromatic nitrogens is 5. The Kier molecular flexibility index (Phi) is 7.46. The van der Waals surface area contributed by atoms with Crippen molar-refractivity contribution in [3.05, 3.63) is 105 Å². The predicted octanol–water partition coefficient (Wildman–Crippen LogP) is 3.41. The van der Waals surface area contributed by atoms with E-state index in [1.165, 1.54) is 4.57 Å². The van der Waals surface area contributed by atoms with Crippen molar-refractivity contribution in [2.75, 3.05) is 25.1 Å². The lowest BCUT2D eigenvalue weighted by Crippen LogP contribution is -2.40. The third-order valence-electron chi connectivity index (χ3n) is 6.86. The quantitative estimate of drug-likeness (QED) is 0.284. The number of hydrogen-bond donors (Lipinski definition) is 0. The summed E-state index contributed by atoms with van der Waals surface area (Å²) in [6.07, 6.45) is 1.76. The van der Waals surface area contributed by atoms with Crippen molar-refractivity contribution in [2.45, 2.75) is 20.0 Å². The zero-order chi connectivity index (χ0) is 28.2. The SMILES string of the molecule is CCn1c(-c2ccc(OCCN(C)c3ccccn3)cc2)nc2c1c(=O)n(Cc1ccccc1C#N)c(=O)n2C. The average molecular weight is 536 g/mol. The molecule has 0 aliphatic heterocycles. The number of nitriles is 1. The Morgan fingerprint density at radius 2 is 1.75 bits per heavy atom. The Labute approximate surface area is 231 Å². The van der Waals surface area contributed by atoms with Crippen LogP contribution in [0.4, 0.5) is 5.82 Å². The Hall–Kier alpha value is -5.17. The van der Waals surface area contributed by atoms with E-state index in [2.05, 4.69) is 11.1 Å². The van der Waals surface area contributed by atoms with Crippen LogP contribution in [0, 0.1) is 11.3 Å². The fourth-order valence-electron chi connectivity index (χ4n) is 4.67. The second kappa shape index (κ2) is 11.3. The van der Waals surface area contributed by atoms with E-state index >= 15 is 0 Å². The van der Waals surface area contributed by atoms with E-state index in [-0.39, 0.29) is 6.54 Å². The molecule has 2 aromatic carbocycles. The summed E-state index contributed by atoms with van der Waals surface area (Å²) in [6.45, 7) is 3.56. The molecule has 202 valence electrons. The number of fused-ring (bicyclic) bond motifs is 1. The van der Waals surface area contributed by atoms with E-state index in [0.29, 0.717) is 53.6 Å². The van der Waals surface area contributed by atoms with E-state index in [1.807, 2.05) is 65.9 Å². The molecule has 0 N–H and O–H groups in total. The third-order valence-corrected chi connectivity index (χ3v) is 6.86. The molecule has 0 atom stereocenters. The second-order valence-electron chi connectivity index (χ2n) is 9.34. The number of pyridine rings is 1. The second-order valence-corrected chi connectivity index (χ2v) is 9.34. The standard InChI is InChI=1S/C30H29N7O3/c1-4-36-26-28(35(3)30(39)37(29(26)38)20-23-10-6-5-9-22(23)19-31)33-27(36)21-12-14-24(15-13-21)40-18-17-34(2)25-11-7-8-16-32-25/h5-16H,4,17-18,20H2,1-3H3. The summed E-state index contributed by atoms with van der Waals surface area (Å²) in [5.41, 5.74) is 1.55. The summed E-state index contributed by atoms with van der Waals surface area (Å²) >= 11 is 0. The van der Waals surface area contributed by atoms with Gasteiger partial charge in [-0.3, -0.25) is 13.9 Å². The number of benzene rings is 2. The van der Waals surface area contributed by atoms with Crippen LogP contribution in [0.1, 0.15) is 18.1 Å². The van der Waals surface area contributed by atoms with Gasteiger partial charge in [0.1, 0.15) is 24.0 Å². The van der Waals surface area contributed by atoms with Crippen molar-refractivity contribution < 1.29 is 4.74 Å². The van der Waals surface area contributed by atoms with E-state index < -0.39 is 11.2 Å². The van der Waals surface area contributed by atoms with Gasteiger partial charge in [0.05, 0.1) is 24.7 Å². The van der Waals surface area contributed by atoms with Gasteiger partial charge < -0.3 is 14.2 Å². The molecule has 0 bridgehead atoms. The molecule has 0 spiro atoms. The highest BCUT2D eigenvalue weighted by Gasteiger charge is 2.21. The topological polar surface area (TPSA) is 111 Å². The fraction of sp³-hybridized carbons (Fsp3) is 0.233. The van der Waals surface area contributed by atoms with Gasteiger partial charge >= 0.3 is 5.69 Å². The maximum atomic E-state index is 13.6. The van der Waals surface area contributed by atoms with Gasteiger partial charge in [-0.05, 0) is 55.0 Å². The molecule has 40 heavy (non-hydrogen) atoms. The molecular formula is C30H29N7O3. The molecule has 10 heteroatoms. The summed E-state index contributed by atoms with van der Waals surface area (Å²) < 4.78 is 10.3. The summed E-state index contributed by atoms with van der Waals surface area (Å²) in [5, 5.41) is 9.46. The van der Waals surface area contributed by atoms with Gasteiger partial charge in [-0.25, -0.2) is 14.8 Å². The summed E-state index contributed by atoms with van der Waals surface area (Å²) in [4.78, 5) is 37.9. The molecule has 0 aliphatic rings. The zero-order valence-electron chi connectivity index (χ0n) is 22.6. The van der Waals surface area contributed by atoms with Crippen molar-refractivity contribution in [1.29, 1.82) is 5.26 Å². The molecule has 0 amide bonds. The molecular weight excluding hydrogens is 506 g/mol. The third kappa shape index (κ3) is 4.97. The van der Waals surface area contributed by atoms with Crippen molar-refractivity contribution in [2.24, 2.45) is 7.05 Å². The zero-order valence-corrected chi connectivity index (χ0v) is 22.6. The lowest BCUT2D eigenvalue weighted by Gasteiger charge is -2.18. The Morgan fingerprint density at radius 1 is 1.00 bits per heavy atom. The molecule has 0 radical (unpaired) electrons. The Morgan fingerprint density at radius 3 is 2.45 bits per heavy atom. The van der Waals surface area contributed by atoms with Crippen LogP contribution in [0.5, 0.6) is 5.75 Å². The van der Waals surface area contributed by atoms with Gasteiger partial charge in [-0.15, -0.1) is 0 Å². The van der Waals surface area contributed by atoms with Crippen LogP contribution in [0.2, 0.25) is 0 Å². The van der Waals surface area contributed by atoms with Crippen molar-refractivity contribution in [3.63, 3.8) is 0 Å². The number of likely N-dealkylation sites (N-methyl/N-ethyl adjacent to an activating group) is 1. The van der Waals surface area contributed by atoms with E-state index in [0.717, 1.165) is 15.9 Å². The van der Waals surface area contributed by atoms with Crippen LogP contribution in [-0.2, 0) is 20.1 Å². The summed E-state index contributed by atoms with van der Waals surface area (Å²) in [7, 11) is 3.57. The average Bonchev–Trinajstić information content (AvgIpc) is 3.39. The lowest BCUT2D eigenvalue weighted by atomic mass is 10.1. The number of hydrogen-bond acceptors (Lipinski definition) is 7. The predicted molar refractivity (Wildman–Crippen MR) is 154 cm³/mol. The van der Waals surface area contributed by atoms with Crippen molar-refractivity contribution in [3.8, 4) is 23.2 Å². The number of imidazole rings is 1. The minimum absolute atomic E-state index is 0.00301. The van der Waals surface area contributed by atoms with Crippen LogP contribution in [0.25, 0.3) is 22.6 Å². The first-order valence-electron chi connectivity index (χ1n) is 13.0. The lowest BCUT2D eigenvalue weighted by molar-refractivity contribution is 0.325. The molecule has 0 saturated heterocycles. The minimum Gasteiger partial charge on any atom is -0.492 e. The number of aryl methyl sites for hydroxylation is 2. The monoisotopic (exact) mass is 535 g/mol. The number of anilines is 1. The van der Waals surface area contributed by atoms with E-state index in [9.17, 15) is 14.9 Å². The molecule has 0 unspecified atom stereocenters. The first kappa shape index (κ1) is 26.4. The maximum Gasteiger partial charge on any atom is 0.332 e. The largest absolute Gasteiger partial charge is 0.492 e. The summed E-state index contributed by atoms with van der Waals surface area (Å²) in [5.74, 6) is 2.17. The van der Waals surface area contributed by atoms with Crippen molar-refractivity contribution in [1.82, 2.24) is 23.7 Å². The fourth-order valence-corrected chi connectivity index (χ4v) is 4.67. The van der Waals surface area contributed by atoms with E-state index in [4.69, 9.17) is 9.72 Å². The van der Waals surface area contributed by atoms with Crippen LogP contribution >= 0.6 is 0 Å². The smallest absolute Gasteiger partial charge is 0.332 e. The van der Waals surface area contributed by atoms with Crippen LogP contribution in [0.3, 0.4) is 0 Å². The number of nitrogens with zero attached hydrogens (tertiary/aromatic N) is 7. The molecule has 0 fully saturated rings. The van der Waals surface area contributed by atoms with Gasteiger partial charge in [-0.1, -0.05) is 24.3 Å². The molecule has 0 saturated carbocycles. The number of rotatable bonds is 9. The first-order valence-corrected chi connectivity index (χ1v) is 13.0. The van der Waals surface area contributed by atoms with Crippen molar-refractivity contribution >= 4 is 17.0 Å². The highest BCUT2D eigenvalue weighted by Crippen LogP contribution is 2.25. The molecule has 5 aromatic rings. The molecule has 5 rings (SSSR count). The van der Waals surface area contributed by atoms with Crippen LogP contribution in [0.15, 0.2) is 82.5 Å². The van der Waals surface area contributed by atoms with Gasteiger partial charge in [0, 0.05) is 32.4 Å². The van der Waals surface area contributed by atoms with E-state index in [1.54, 1.807) is 37.5 Å². The normalized spacial score (nSPS) is 10.9. The van der Waals surface area contributed by atoms with Crippen LogP contribution < -0.4 is 20.9 Å². The Balaban J connectivity index is 1.43. The first-order chi connectivity index (χ1) is 19.4. The molecule has 3 heterocycles.